The quantitative estimate of drug-likeness (QED) is 0.594. The third-order valence-electron chi connectivity index (χ3n) is 4.48. The number of rotatable bonds is 7. The van der Waals surface area contributed by atoms with Gasteiger partial charge in [-0.15, -0.1) is 0 Å². The Morgan fingerprint density at radius 1 is 0.621 bits per heavy atom. The van der Waals surface area contributed by atoms with Crippen molar-refractivity contribution < 1.29 is 32.8 Å². The van der Waals surface area contributed by atoms with E-state index in [1.165, 1.54) is 48.7 Å². The molecule has 29 heavy (non-hydrogen) atoms. The fourth-order valence-electron chi connectivity index (χ4n) is 3.13. The highest BCUT2D eigenvalue weighted by molar-refractivity contribution is 5.92. The van der Waals surface area contributed by atoms with Crippen LogP contribution in [0.1, 0.15) is 0 Å². The van der Waals surface area contributed by atoms with Gasteiger partial charge in [0, 0.05) is 17.7 Å². The smallest absolute Gasteiger partial charge is 0.205 e. The number of benzene rings is 2. The van der Waals surface area contributed by atoms with Gasteiger partial charge < -0.3 is 32.8 Å². The van der Waals surface area contributed by atoms with E-state index < -0.39 is 0 Å². The second kappa shape index (κ2) is 8.22. The van der Waals surface area contributed by atoms with E-state index >= 15 is 0 Å². The molecule has 0 saturated heterocycles. The Labute approximate surface area is 167 Å². The maximum atomic E-state index is 12.9. The molecule has 0 fully saturated rings. The minimum atomic E-state index is -0.298. The van der Waals surface area contributed by atoms with Gasteiger partial charge in [0.15, 0.2) is 28.3 Å². The predicted molar refractivity (Wildman–Crippen MR) is 107 cm³/mol. The Hall–Kier alpha value is -3.55. The Morgan fingerprint density at radius 3 is 1.62 bits per heavy atom. The average molecular weight is 402 g/mol. The van der Waals surface area contributed by atoms with Crippen molar-refractivity contribution in [1.29, 1.82) is 0 Å². The molecule has 8 heteroatoms. The van der Waals surface area contributed by atoms with Crippen molar-refractivity contribution in [3.8, 4) is 45.8 Å². The zero-order valence-corrected chi connectivity index (χ0v) is 17.1. The van der Waals surface area contributed by atoms with Gasteiger partial charge in [0.1, 0.15) is 16.9 Å². The highest BCUT2D eigenvalue weighted by Gasteiger charge is 2.22. The second-order valence-electron chi connectivity index (χ2n) is 5.91. The zero-order chi connectivity index (χ0) is 21.1. The van der Waals surface area contributed by atoms with Crippen LogP contribution < -0.4 is 33.8 Å². The van der Waals surface area contributed by atoms with Crippen LogP contribution in [0.25, 0.3) is 22.3 Å². The van der Waals surface area contributed by atoms with Gasteiger partial charge in [-0.05, 0) is 12.1 Å². The molecule has 0 unspecified atom stereocenters. The molecule has 1 aromatic heterocycles. The van der Waals surface area contributed by atoms with E-state index in [1.54, 1.807) is 18.2 Å². The normalized spacial score (nSPS) is 10.6. The van der Waals surface area contributed by atoms with Gasteiger partial charge in [0.25, 0.3) is 0 Å². The first kappa shape index (κ1) is 20.2. The lowest BCUT2D eigenvalue weighted by Crippen LogP contribution is -2.05. The third kappa shape index (κ3) is 3.37. The Morgan fingerprint density at radius 2 is 1.14 bits per heavy atom. The van der Waals surface area contributed by atoms with Crippen molar-refractivity contribution in [3.05, 3.63) is 34.5 Å². The van der Waals surface area contributed by atoms with E-state index in [-0.39, 0.29) is 27.9 Å². The third-order valence-corrected chi connectivity index (χ3v) is 4.48. The van der Waals surface area contributed by atoms with Gasteiger partial charge in [-0.1, -0.05) is 0 Å². The highest BCUT2D eigenvalue weighted by atomic mass is 16.5. The molecule has 154 valence electrons. The Balaban J connectivity index is 2.36. The Bertz CT molecular complexity index is 1080. The van der Waals surface area contributed by atoms with Crippen LogP contribution in [0.15, 0.2) is 33.5 Å². The zero-order valence-electron chi connectivity index (χ0n) is 17.1. The summed E-state index contributed by atoms with van der Waals surface area (Å²) in [6.45, 7) is 0. The lowest BCUT2D eigenvalue weighted by Gasteiger charge is -2.15. The van der Waals surface area contributed by atoms with E-state index in [4.69, 9.17) is 32.8 Å². The monoisotopic (exact) mass is 402 g/mol. The molecule has 0 N–H and O–H groups in total. The molecule has 0 atom stereocenters. The van der Waals surface area contributed by atoms with Crippen molar-refractivity contribution in [2.24, 2.45) is 0 Å². The van der Waals surface area contributed by atoms with Crippen LogP contribution in [0.5, 0.6) is 34.5 Å². The van der Waals surface area contributed by atoms with Crippen molar-refractivity contribution in [3.63, 3.8) is 0 Å². The first-order valence-corrected chi connectivity index (χ1v) is 8.60. The molecule has 0 aliphatic rings. The molecule has 1 heterocycles. The summed E-state index contributed by atoms with van der Waals surface area (Å²) in [6, 6.07) is 6.33. The number of hydrogen-bond acceptors (Lipinski definition) is 8. The summed E-state index contributed by atoms with van der Waals surface area (Å²) in [5.41, 5.74) is 0.468. The highest BCUT2D eigenvalue weighted by Crippen LogP contribution is 2.44. The number of methoxy groups -OCH3 is 6. The number of fused-ring (bicyclic) bond motifs is 1. The molecule has 8 nitrogen and oxygen atoms in total. The van der Waals surface area contributed by atoms with Gasteiger partial charge in [-0.25, -0.2) is 0 Å². The summed E-state index contributed by atoms with van der Waals surface area (Å²) >= 11 is 0. The summed E-state index contributed by atoms with van der Waals surface area (Å²) in [7, 11) is 8.96. The summed E-state index contributed by atoms with van der Waals surface area (Å²) in [5.74, 6) is 2.57. The molecular formula is C21H22O8. The maximum absolute atomic E-state index is 12.9. The van der Waals surface area contributed by atoms with Gasteiger partial charge >= 0.3 is 0 Å². The lowest BCUT2D eigenvalue weighted by molar-refractivity contribution is 0.324. The van der Waals surface area contributed by atoms with E-state index in [9.17, 15) is 4.79 Å². The van der Waals surface area contributed by atoms with Crippen molar-refractivity contribution in [1.82, 2.24) is 0 Å². The fraction of sp³-hybridized carbons (Fsp3) is 0.286. The summed E-state index contributed by atoms with van der Waals surface area (Å²) in [6.07, 6.45) is 0. The first-order chi connectivity index (χ1) is 14.0. The molecule has 0 aliphatic carbocycles. The molecule has 3 rings (SSSR count). The summed E-state index contributed by atoms with van der Waals surface area (Å²) < 4.78 is 38.3. The predicted octanol–water partition coefficient (Wildman–Crippen LogP) is 3.51. The molecule has 0 spiro atoms. The molecule has 0 saturated carbocycles. The lowest BCUT2D eigenvalue weighted by atomic mass is 10.1. The molecule has 0 amide bonds. The minimum absolute atomic E-state index is 0.208. The molecular weight excluding hydrogens is 380 g/mol. The van der Waals surface area contributed by atoms with Crippen molar-refractivity contribution >= 4 is 11.0 Å². The Kier molecular flexibility index (Phi) is 5.72. The van der Waals surface area contributed by atoms with Crippen LogP contribution in [-0.4, -0.2) is 42.7 Å². The van der Waals surface area contributed by atoms with E-state index in [1.807, 2.05) is 0 Å². The minimum Gasteiger partial charge on any atom is -0.496 e. The summed E-state index contributed by atoms with van der Waals surface area (Å²) in [4.78, 5) is 12.9. The average Bonchev–Trinajstić information content (AvgIpc) is 2.76. The second-order valence-corrected chi connectivity index (χ2v) is 5.91. The topological polar surface area (TPSA) is 85.6 Å². The SMILES string of the molecule is COc1cc(-c2cc(=O)c3c(OC)cc(OC)c(OC)c3o2)cc(OC)c1OC. The fourth-order valence-corrected chi connectivity index (χ4v) is 3.13. The van der Waals surface area contributed by atoms with E-state index in [0.29, 0.717) is 34.3 Å². The molecule has 0 radical (unpaired) electrons. The van der Waals surface area contributed by atoms with Gasteiger partial charge in [0.2, 0.25) is 11.5 Å². The van der Waals surface area contributed by atoms with E-state index in [0.717, 1.165) is 0 Å². The van der Waals surface area contributed by atoms with Crippen LogP contribution in [-0.2, 0) is 0 Å². The van der Waals surface area contributed by atoms with Crippen molar-refractivity contribution in [2.75, 3.05) is 42.7 Å². The maximum Gasteiger partial charge on any atom is 0.205 e. The van der Waals surface area contributed by atoms with E-state index in [2.05, 4.69) is 0 Å². The van der Waals surface area contributed by atoms with Crippen LogP contribution in [0.4, 0.5) is 0 Å². The first-order valence-electron chi connectivity index (χ1n) is 8.60. The van der Waals surface area contributed by atoms with Crippen LogP contribution in [0.3, 0.4) is 0 Å². The van der Waals surface area contributed by atoms with Gasteiger partial charge in [-0.2, -0.15) is 0 Å². The molecule has 0 aliphatic heterocycles. The standard InChI is InChI=1S/C21H22O8/c1-23-14-10-17(26-4)20(28-6)21-18(14)12(22)9-13(29-21)11-7-15(24-2)19(27-5)16(8-11)25-3/h7-10H,1-6H3. The molecule has 0 bridgehead atoms. The summed E-state index contributed by atoms with van der Waals surface area (Å²) in [5, 5.41) is 0.251. The number of ether oxygens (including phenoxy) is 6. The van der Waals surface area contributed by atoms with Crippen LogP contribution in [0.2, 0.25) is 0 Å². The van der Waals surface area contributed by atoms with Gasteiger partial charge in [-0.3, -0.25) is 4.79 Å². The largest absolute Gasteiger partial charge is 0.496 e. The van der Waals surface area contributed by atoms with Gasteiger partial charge in [0.05, 0.1) is 42.7 Å². The van der Waals surface area contributed by atoms with Crippen LogP contribution in [0, 0.1) is 0 Å². The van der Waals surface area contributed by atoms with Crippen molar-refractivity contribution in [2.45, 2.75) is 0 Å². The molecule has 3 aromatic rings. The number of hydrogen-bond donors (Lipinski definition) is 0. The molecule has 2 aromatic carbocycles. The van der Waals surface area contributed by atoms with Crippen LogP contribution >= 0.6 is 0 Å².